The molecule has 0 bridgehead atoms. The minimum absolute atomic E-state index is 0.534. The molecule has 94 valence electrons. The van der Waals surface area contributed by atoms with E-state index in [9.17, 15) is 0 Å². The second-order valence-corrected chi connectivity index (χ2v) is 4.61. The van der Waals surface area contributed by atoms with E-state index in [1.807, 2.05) is 6.34 Å². The van der Waals surface area contributed by atoms with Crippen molar-refractivity contribution in [3.8, 4) is 0 Å². The fourth-order valence-electron chi connectivity index (χ4n) is 2.15. The Morgan fingerprint density at radius 2 is 1.75 bits per heavy atom. The molecule has 0 saturated carbocycles. The summed E-state index contributed by atoms with van der Waals surface area (Å²) in [6, 6.07) is 0. The number of rotatable bonds is 8. The summed E-state index contributed by atoms with van der Waals surface area (Å²) in [6.45, 7) is 8.99. The van der Waals surface area contributed by atoms with Crippen LogP contribution in [0.2, 0.25) is 0 Å². The van der Waals surface area contributed by atoms with Gasteiger partial charge in [-0.05, 0) is 25.7 Å². The van der Waals surface area contributed by atoms with Crippen molar-refractivity contribution in [3.05, 3.63) is 0 Å². The number of hydrogen-bond acceptors (Lipinski definition) is 3. The van der Waals surface area contributed by atoms with Gasteiger partial charge in [0.25, 0.3) is 0 Å². The summed E-state index contributed by atoms with van der Waals surface area (Å²) in [7, 11) is 0. The van der Waals surface area contributed by atoms with Gasteiger partial charge >= 0.3 is 0 Å². The lowest BCUT2D eigenvalue weighted by Crippen LogP contribution is -2.40. The Hall–Kier alpha value is -0.730. The van der Waals surface area contributed by atoms with Gasteiger partial charge in [0.1, 0.15) is 12.5 Å². The molecular weight excluding hydrogens is 198 g/mol. The maximum Gasteiger partial charge on any atom is 0.119 e. The number of unbranched alkanes of at least 4 members (excludes halogenated alkanes) is 2. The molecule has 0 saturated heterocycles. The zero-order chi connectivity index (χ0) is 11.8. The summed E-state index contributed by atoms with van der Waals surface area (Å²) in [5.41, 5.74) is 0. The van der Waals surface area contributed by atoms with Crippen LogP contribution in [0, 0.1) is 0 Å². The Morgan fingerprint density at radius 3 is 2.38 bits per heavy atom. The zero-order valence-electron chi connectivity index (χ0n) is 11.2. The molecule has 0 aromatic carbocycles. The average molecular weight is 225 g/mol. The summed E-state index contributed by atoms with van der Waals surface area (Å²) >= 11 is 0. The molecule has 0 spiro atoms. The molecule has 16 heavy (non-hydrogen) atoms. The van der Waals surface area contributed by atoms with E-state index in [2.05, 4.69) is 35.8 Å². The lowest BCUT2D eigenvalue weighted by Gasteiger charge is -2.30. The van der Waals surface area contributed by atoms with Gasteiger partial charge in [-0.25, -0.2) is 0 Å². The van der Waals surface area contributed by atoms with Crippen molar-refractivity contribution >= 4 is 6.34 Å². The van der Waals surface area contributed by atoms with E-state index in [4.69, 9.17) is 0 Å². The predicted octanol–water partition coefficient (Wildman–Crippen LogP) is 3.27. The van der Waals surface area contributed by atoms with E-state index in [1.54, 1.807) is 0 Å². The first-order chi connectivity index (χ1) is 7.83. The van der Waals surface area contributed by atoms with Crippen LogP contribution in [0.1, 0.15) is 59.3 Å². The first-order valence-electron chi connectivity index (χ1n) is 6.89. The van der Waals surface area contributed by atoms with Gasteiger partial charge in [0.05, 0.1) is 0 Å². The topological polar surface area (TPSA) is 18.8 Å². The molecule has 0 aromatic heterocycles. The molecule has 3 heteroatoms. The van der Waals surface area contributed by atoms with Crippen LogP contribution >= 0.6 is 0 Å². The summed E-state index contributed by atoms with van der Waals surface area (Å²) < 4.78 is 0. The summed E-state index contributed by atoms with van der Waals surface area (Å²) in [5, 5.41) is 6.83. The summed E-state index contributed by atoms with van der Waals surface area (Å²) in [6.07, 6.45) is 10.1. The van der Waals surface area contributed by atoms with Gasteiger partial charge in [-0.3, -0.25) is 5.01 Å². The third-order valence-corrected chi connectivity index (χ3v) is 3.11. The zero-order valence-corrected chi connectivity index (χ0v) is 11.2. The lowest BCUT2D eigenvalue weighted by atomic mass is 10.2. The van der Waals surface area contributed by atoms with Crippen LogP contribution < -0.4 is 0 Å². The van der Waals surface area contributed by atoms with Gasteiger partial charge in [-0.1, -0.05) is 33.6 Å². The first kappa shape index (κ1) is 13.3. The smallest absolute Gasteiger partial charge is 0.119 e. The third kappa shape index (κ3) is 3.69. The highest BCUT2D eigenvalue weighted by molar-refractivity contribution is 5.57. The highest BCUT2D eigenvalue weighted by atomic mass is 15.6. The first-order valence-corrected chi connectivity index (χ1v) is 6.89. The van der Waals surface area contributed by atoms with Gasteiger partial charge in [0.2, 0.25) is 0 Å². The summed E-state index contributed by atoms with van der Waals surface area (Å²) in [5.74, 6) is 0. The molecule has 0 radical (unpaired) electrons. The lowest BCUT2D eigenvalue weighted by molar-refractivity contribution is 0.118. The minimum atomic E-state index is 0.534. The van der Waals surface area contributed by atoms with Crippen LogP contribution in [0.15, 0.2) is 5.10 Å². The van der Waals surface area contributed by atoms with Gasteiger partial charge in [0.15, 0.2) is 0 Å². The predicted molar refractivity (Wildman–Crippen MR) is 70.4 cm³/mol. The quantitative estimate of drug-likeness (QED) is 0.631. The summed E-state index contributed by atoms with van der Waals surface area (Å²) in [4.78, 5) is 2.41. The van der Waals surface area contributed by atoms with Crippen LogP contribution in [-0.4, -0.2) is 35.5 Å². The molecule has 1 rings (SSSR count). The molecular formula is C13H27N3. The van der Waals surface area contributed by atoms with E-state index in [-0.39, 0.29) is 0 Å². The van der Waals surface area contributed by atoms with E-state index in [1.165, 1.54) is 38.5 Å². The minimum Gasteiger partial charge on any atom is -0.339 e. The number of hydrazone groups is 1. The Balaban J connectivity index is 2.45. The Morgan fingerprint density at radius 1 is 1.00 bits per heavy atom. The molecule has 0 N–H and O–H groups in total. The SMILES string of the molecule is CCCCC1N(CCC)C=NN1CCCC. The van der Waals surface area contributed by atoms with Crippen LogP contribution in [0.3, 0.4) is 0 Å². The fraction of sp³-hybridized carbons (Fsp3) is 0.923. The average Bonchev–Trinajstić information content (AvgIpc) is 2.67. The van der Waals surface area contributed by atoms with Crippen molar-refractivity contribution in [1.82, 2.24) is 9.91 Å². The number of nitrogens with zero attached hydrogens (tertiary/aromatic N) is 3. The van der Waals surface area contributed by atoms with Crippen LogP contribution in [0.5, 0.6) is 0 Å². The molecule has 0 amide bonds. The van der Waals surface area contributed by atoms with E-state index in [0.717, 1.165) is 13.1 Å². The van der Waals surface area contributed by atoms with Crippen LogP contribution in [0.4, 0.5) is 0 Å². The van der Waals surface area contributed by atoms with Gasteiger partial charge in [0, 0.05) is 13.1 Å². The van der Waals surface area contributed by atoms with Gasteiger partial charge < -0.3 is 4.90 Å². The molecule has 1 heterocycles. The van der Waals surface area contributed by atoms with E-state index >= 15 is 0 Å². The molecule has 0 aliphatic carbocycles. The molecule has 0 fully saturated rings. The molecule has 1 aliphatic heterocycles. The van der Waals surface area contributed by atoms with Crippen LogP contribution in [-0.2, 0) is 0 Å². The second kappa shape index (κ2) is 7.53. The number of hydrogen-bond donors (Lipinski definition) is 0. The fourth-order valence-corrected chi connectivity index (χ4v) is 2.15. The van der Waals surface area contributed by atoms with Crippen molar-refractivity contribution < 1.29 is 0 Å². The van der Waals surface area contributed by atoms with Gasteiger partial charge in [-0.15, -0.1) is 0 Å². The maximum absolute atomic E-state index is 4.54. The normalized spacial score (nSPS) is 19.8. The maximum atomic E-state index is 4.54. The van der Waals surface area contributed by atoms with Crippen molar-refractivity contribution in [2.45, 2.75) is 65.5 Å². The van der Waals surface area contributed by atoms with Crippen molar-refractivity contribution in [3.63, 3.8) is 0 Å². The Kier molecular flexibility index (Phi) is 6.27. The third-order valence-electron chi connectivity index (χ3n) is 3.11. The highest BCUT2D eigenvalue weighted by Crippen LogP contribution is 2.19. The molecule has 1 atom stereocenters. The van der Waals surface area contributed by atoms with Crippen LogP contribution in [0.25, 0.3) is 0 Å². The molecule has 3 nitrogen and oxygen atoms in total. The Bertz CT molecular complexity index is 203. The Labute approximate surface area is 100 Å². The molecule has 0 aromatic rings. The van der Waals surface area contributed by atoms with E-state index in [0.29, 0.717) is 6.17 Å². The standard InChI is InChI=1S/C13H27N3/c1-4-7-9-13-15(10-6-3)12-14-16(13)11-8-5-2/h12-13H,4-11H2,1-3H3. The molecule has 1 unspecified atom stereocenters. The highest BCUT2D eigenvalue weighted by Gasteiger charge is 2.25. The largest absolute Gasteiger partial charge is 0.339 e. The second-order valence-electron chi connectivity index (χ2n) is 4.61. The van der Waals surface area contributed by atoms with Gasteiger partial charge in [-0.2, -0.15) is 5.10 Å². The van der Waals surface area contributed by atoms with Crippen molar-refractivity contribution in [2.75, 3.05) is 13.1 Å². The monoisotopic (exact) mass is 225 g/mol. The van der Waals surface area contributed by atoms with Crippen molar-refractivity contribution in [1.29, 1.82) is 0 Å². The van der Waals surface area contributed by atoms with E-state index < -0.39 is 0 Å². The molecule has 1 aliphatic rings. The van der Waals surface area contributed by atoms with Crippen molar-refractivity contribution in [2.24, 2.45) is 5.10 Å².